The van der Waals surface area contributed by atoms with Gasteiger partial charge in [-0.25, -0.2) is 0 Å². The van der Waals surface area contributed by atoms with E-state index in [-0.39, 0.29) is 5.91 Å². The lowest BCUT2D eigenvalue weighted by atomic mass is 9.97. The molecule has 0 radical (unpaired) electrons. The summed E-state index contributed by atoms with van der Waals surface area (Å²) in [4.78, 5) is 14.8. The van der Waals surface area contributed by atoms with E-state index in [9.17, 15) is 4.79 Å². The van der Waals surface area contributed by atoms with Crippen LogP contribution in [0.25, 0.3) is 0 Å². The first-order valence-electron chi connectivity index (χ1n) is 9.98. The molecule has 0 bridgehead atoms. The summed E-state index contributed by atoms with van der Waals surface area (Å²) < 4.78 is 13.0. The van der Waals surface area contributed by atoms with Crippen molar-refractivity contribution in [1.29, 1.82) is 0 Å². The minimum atomic E-state index is -0.0901. The number of likely N-dealkylation sites (tertiary alicyclic amines) is 1. The molecule has 1 aromatic carbocycles. The fourth-order valence-electron chi connectivity index (χ4n) is 3.90. The van der Waals surface area contributed by atoms with Crippen LogP contribution in [-0.4, -0.2) is 53.4 Å². The summed E-state index contributed by atoms with van der Waals surface area (Å²) in [6.45, 7) is 6.81. The normalized spacial score (nSPS) is 19.4. The van der Waals surface area contributed by atoms with Crippen molar-refractivity contribution < 1.29 is 14.3 Å². The van der Waals surface area contributed by atoms with E-state index in [4.69, 9.17) is 9.47 Å². The summed E-state index contributed by atoms with van der Waals surface area (Å²) in [5.41, 5.74) is 2.70. The molecule has 1 saturated heterocycles. The Morgan fingerprint density at radius 2 is 2.07 bits per heavy atom. The van der Waals surface area contributed by atoms with Crippen LogP contribution in [0.5, 0.6) is 11.5 Å². The second-order valence-electron chi connectivity index (χ2n) is 7.73. The molecule has 1 atom stereocenters. The standard InChI is InChI=1S/C21H28N4O3/c1-15-10-18(23-24(15)2)21(26)22-12-17-4-3-7-25(14-17)13-16-5-6-19-20(11-16)28-9-8-27-19/h5-6,10-11,17H,3-4,7-9,12-14H2,1-2H3,(H,22,26). The van der Waals surface area contributed by atoms with Gasteiger partial charge in [-0.15, -0.1) is 0 Å². The van der Waals surface area contributed by atoms with Gasteiger partial charge in [-0.1, -0.05) is 6.07 Å². The Labute approximate surface area is 165 Å². The number of carbonyl (C=O) groups is 1. The predicted octanol–water partition coefficient (Wildman–Crippen LogP) is 2.14. The number of aryl methyl sites for hydroxylation is 2. The zero-order valence-electron chi connectivity index (χ0n) is 16.6. The number of carbonyl (C=O) groups excluding carboxylic acids is 1. The van der Waals surface area contributed by atoms with Crippen LogP contribution in [0, 0.1) is 12.8 Å². The van der Waals surface area contributed by atoms with Gasteiger partial charge in [0, 0.05) is 32.4 Å². The third-order valence-electron chi connectivity index (χ3n) is 5.51. The van der Waals surface area contributed by atoms with Crippen LogP contribution in [-0.2, 0) is 13.6 Å². The zero-order valence-corrected chi connectivity index (χ0v) is 16.6. The summed E-state index contributed by atoms with van der Waals surface area (Å²) in [5, 5.41) is 7.31. The number of fused-ring (bicyclic) bond motifs is 1. The summed E-state index contributed by atoms with van der Waals surface area (Å²) in [7, 11) is 1.85. The van der Waals surface area contributed by atoms with Crippen LogP contribution in [0.15, 0.2) is 24.3 Å². The van der Waals surface area contributed by atoms with Crippen molar-refractivity contribution in [2.45, 2.75) is 26.3 Å². The van der Waals surface area contributed by atoms with Gasteiger partial charge in [0.25, 0.3) is 5.91 Å². The number of nitrogens with zero attached hydrogens (tertiary/aromatic N) is 3. The second kappa shape index (κ2) is 8.22. The lowest BCUT2D eigenvalue weighted by Gasteiger charge is -2.33. The molecule has 7 nitrogen and oxygen atoms in total. The van der Waals surface area contributed by atoms with Crippen LogP contribution in [0.3, 0.4) is 0 Å². The summed E-state index contributed by atoms with van der Waals surface area (Å²) in [6.07, 6.45) is 2.28. The van der Waals surface area contributed by atoms with Crippen molar-refractivity contribution in [3.63, 3.8) is 0 Å². The number of aromatic nitrogens is 2. The highest BCUT2D eigenvalue weighted by atomic mass is 16.6. The van der Waals surface area contributed by atoms with Crippen molar-refractivity contribution in [1.82, 2.24) is 20.0 Å². The van der Waals surface area contributed by atoms with Crippen molar-refractivity contribution >= 4 is 5.91 Å². The van der Waals surface area contributed by atoms with Crippen LogP contribution in [0.1, 0.15) is 34.6 Å². The Morgan fingerprint density at radius 1 is 1.25 bits per heavy atom. The minimum absolute atomic E-state index is 0.0901. The fraction of sp³-hybridized carbons (Fsp3) is 0.524. The highest BCUT2D eigenvalue weighted by molar-refractivity contribution is 5.92. The van der Waals surface area contributed by atoms with E-state index in [1.54, 1.807) is 4.68 Å². The molecule has 7 heteroatoms. The monoisotopic (exact) mass is 384 g/mol. The maximum Gasteiger partial charge on any atom is 0.271 e. The Morgan fingerprint density at radius 3 is 2.86 bits per heavy atom. The Balaban J connectivity index is 1.30. The molecule has 1 unspecified atom stereocenters. The first-order valence-corrected chi connectivity index (χ1v) is 9.98. The first-order chi connectivity index (χ1) is 13.6. The molecule has 0 spiro atoms. The smallest absolute Gasteiger partial charge is 0.271 e. The van der Waals surface area contributed by atoms with Crippen LogP contribution >= 0.6 is 0 Å². The summed E-state index contributed by atoms with van der Waals surface area (Å²) >= 11 is 0. The summed E-state index contributed by atoms with van der Waals surface area (Å²) in [5.74, 6) is 2.04. The Hall–Kier alpha value is -2.54. The molecule has 0 aliphatic carbocycles. The highest BCUT2D eigenvalue weighted by Crippen LogP contribution is 2.31. The molecular weight excluding hydrogens is 356 g/mol. The van der Waals surface area contributed by atoms with Crippen LogP contribution in [0.4, 0.5) is 0 Å². The number of hydrogen-bond acceptors (Lipinski definition) is 5. The van der Waals surface area contributed by atoms with Gasteiger partial charge in [0.2, 0.25) is 0 Å². The molecule has 2 aliphatic heterocycles. The minimum Gasteiger partial charge on any atom is -0.486 e. The maximum absolute atomic E-state index is 12.3. The molecule has 4 rings (SSSR count). The van der Waals surface area contributed by atoms with E-state index in [0.717, 1.165) is 49.7 Å². The number of hydrogen-bond donors (Lipinski definition) is 1. The van der Waals surface area contributed by atoms with E-state index >= 15 is 0 Å². The SMILES string of the molecule is Cc1cc(C(=O)NCC2CCCN(Cc3ccc4c(c3)OCCO4)C2)nn1C. The van der Waals surface area contributed by atoms with Crippen molar-refractivity contribution in [3.8, 4) is 11.5 Å². The van der Waals surface area contributed by atoms with Gasteiger partial charge in [-0.3, -0.25) is 14.4 Å². The third kappa shape index (κ3) is 4.30. The third-order valence-corrected chi connectivity index (χ3v) is 5.51. The number of amides is 1. The quantitative estimate of drug-likeness (QED) is 0.855. The highest BCUT2D eigenvalue weighted by Gasteiger charge is 2.22. The average molecular weight is 384 g/mol. The Bertz CT molecular complexity index is 829. The number of rotatable bonds is 5. The molecular formula is C21H28N4O3. The molecule has 150 valence electrons. The second-order valence-corrected chi connectivity index (χ2v) is 7.73. The van der Waals surface area contributed by atoms with Gasteiger partial charge >= 0.3 is 0 Å². The van der Waals surface area contributed by atoms with Gasteiger partial charge in [0.1, 0.15) is 18.9 Å². The molecule has 1 amide bonds. The summed E-state index contributed by atoms with van der Waals surface area (Å²) in [6, 6.07) is 8.02. The molecule has 3 heterocycles. The van der Waals surface area contributed by atoms with Crippen molar-refractivity contribution in [2.75, 3.05) is 32.8 Å². The fourth-order valence-corrected chi connectivity index (χ4v) is 3.90. The molecule has 28 heavy (non-hydrogen) atoms. The Kier molecular flexibility index (Phi) is 5.52. The van der Waals surface area contributed by atoms with E-state index in [1.165, 1.54) is 5.56 Å². The molecule has 1 aromatic heterocycles. The van der Waals surface area contributed by atoms with Gasteiger partial charge in [0.15, 0.2) is 11.5 Å². The van der Waals surface area contributed by atoms with Gasteiger partial charge in [0.05, 0.1) is 0 Å². The van der Waals surface area contributed by atoms with E-state index in [0.29, 0.717) is 31.4 Å². The van der Waals surface area contributed by atoms with Crippen molar-refractivity contribution in [2.24, 2.45) is 13.0 Å². The lowest BCUT2D eigenvalue weighted by Crippen LogP contribution is -2.40. The van der Waals surface area contributed by atoms with Gasteiger partial charge < -0.3 is 14.8 Å². The first kappa shape index (κ1) is 18.8. The number of piperidine rings is 1. The zero-order chi connectivity index (χ0) is 19.5. The van der Waals surface area contributed by atoms with E-state index in [2.05, 4.69) is 27.4 Å². The van der Waals surface area contributed by atoms with Crippen LogP contribution in [0.2, 0.25) is 0 Å². The maximum atomic E-state index is 12.3. The van der Waals surface area contributed by atoms with Crippen LogP contribution < -0.4 is 14.8 Å². The number of ether oxygens (including phenoxy) is 2. The molecule has 1 fully saturated rings. The molecule has 2 aliphatic rings. The van der Waals surface area contributed by atoms with E-state index < -0.39 is 0 Å². The van der Waals surface area contributed by atoms with Gasteiger partial charge in [-0.2, -0.15) is 5.10 Å². The molecule has 2 aromatic rings. The van der Waals surface area contributed by atoms with Crippen molar-refractivity contribution in [3.05, 3.63) is 41.2 Å². The largest absolute Gasteiger partial charge is 0.486 e. The predicted molar refractivity (Wildman–Crippen MR) is 106 cm³/mol. The van der Waals surface area contributed by atoms with Gasteiger partial charge in [-0.05, 0) is 56.0 Å². The lowest BCUT2D eigenvalue weighted by molar-refractivity contribution is 0.0925. The molecule has 0 saturated carbocycles. The average Bonchev–Trinajstić information content (AvgIpc) is 3.05. The number of benzene rings is 1. The van der Waals surface area contributed by atoms with E-state index in [1.807, 2.05) is 26.1 Å². The number of nitrogens with one attached hydrogen (secondary N) is 1. The molecule has 1 N–H and O–H groups in total. The topological polar surface area (TPSA) is 68.6 Å².